The van der Waals surface area contributed by atoms with E-state index in [-0.39, 0.29) is 80.7 Å². The van der Waals surface area contributed by atoms with Gasteiger partial charge in [0.2, 0.25) is 0 Å². The van der Waals surface area contributed by atoms with Gasteiger partial charge in [-0.2, -0.15) is 0 Å². The van der Waals surface area contributed by atoms with Crippen LogP contribution in [0.2, 0.25) is 15.5 Å². The zero-order valence-electron chi connectivity index (χ0n) is 44.5. The fraction of sp³-hybridized carbons (Fsp3) is 0.362. The number of nitrogen functional groups attached to an aromatic ring is 1. The number of carbonyl (C=O) groups is 2. The predicted molar refractivity (Wildman–Crippen MR) is 284 cm³/mol. The molecule has 7 heterocycles. The van der Waals surface area contributed by atoms with Gasteiger partial charge < -0.3 is 41.3 Å². The molecule has 1 unspecified atom stereocenters. The summed E-state index contributed by atoms with van der Waals surface area (Å²) in [5.41, 5.74) is 5.55. The normalized spacial score (nSPS) is 13.3. The summed E-state index contributed by atoms with van der Waals surface area (Å²) in [7, 11) is -3.15. The quantitative estimate of drug-likeness (QED) is 0.0168. The van der Waals surface area contributed by atoms with Crippen molar-refractivity contribution < 1.29 is 117 Å². The van der Waals surface area contributed by atoms with Crippen LogP contribution in [0.4, 0.5) is 43.7 Å². The van der Waals surface area contributed by atoms with Crippen molar-refractivity contribution in [2.24, 2.45) is 0 Å². The molecule has 424 valence electrons. The molecule has 0 aliphatic heterocycles. The number of anilines is 3. The Labute approximate surface area is 568 Å². The van der Waals surface area contributed by atoms with E-state index in [0.29, 0.717) is 67.4 Å². The van der Waals surface area contributed by atoms with E-state index in [4.69, 9.17) is 65.5 Å². The molecule has 0 spiro atoms. The van der Waals surface area contributed by atoms with Gasteiger partial charge in [0.25, 0.3) is 19.3 Å². The second-order valence-electron chi connectivity index (χ2n) is 17.8. The minimum absolute atomic E-state index is 0. The number of nitrogens with zero attached hydrogens (tertiary/aromatic N) is 11. The van der Waals surface area contributed by atoms with Crippen LogP contribution >= 0.6 is 43.1 Å². The zero-order valence-corrected chi connectivity index (χ0v) is 57.1. The van der Waals surface area contributed by atoms with Gasteiger partial charge in [0.05, 0.1) is 22.4 Å². The van der Waals surface area contributed by atoms with Crippen molar-refractivity contribution >= 4 is 146 Å². The molecule has 3 aliphatic rings. The molecule has 3 saturated carbocycles. The van der Waals surface area contributed by atoms with E-state index in [1.54, 1.807) is 57.2 Å². The molecule has 3 aliphatic carbocycles. The third kappa shape index (κ3) is 26.1. The Morgan fingerprint density at radius 2 is 1.18 bits per heavy atom. The Hall–Kier alpha value is -2.00. The zero-order chi connectivity index (χ0) is 60.1. The topological polar surface area (TPSA) is 331 Å². The number of aromatic carboxylic acids is 1. The van der Waals surface area contributed by atoms with E-state index < -0.39 is 61.8 Å². The average Bonchev–Trinajstić information content (AvgIpc) is 4.46. The van der Waals surface area contributed by atoms with Gasteiger partial charge in [0.1, 0.15) is 74.2 Å². The fourth-order valence-corrected chi connectivity index (χ4v) is 6.75. The van der Waals surface area contributed by atoms with Crippen LogP contribution in [0, 0.1) is 0 Å². The number of pyridine rings is 3. The van der Waals surface area contributed by atoms with Crippen LogP contribution in [0.5, 0.6) is 0 Å². The van der Waals surface area contributed by atoms with Crippen molar-refractivity contribution in [3.8, 4) is 11.4 Å². The number of aromatic nitrogens is 11. The number of imidazole rings is 1. The minimum atomic E-state index is -3.15. The number of nitrogens with one attached hydrogen (secondary N) is 2. The van der Waals surface area contributed by atoms with Crippen LogP contribution in [0.3, 0.4) is 0 Å². The number of aliphatic hydroxyl groups is 1. The third-order valence-electron chi connectivity index (χ3n) is 10.1. The number of carboxylic acid groups (broad SMARTS) is 1. The Morgan fingerprint density at radius 1 is 0.744 bits per heavy atom. The number of rotatable bonds is 14. The molecule has 0 radical (unpaired) electrons. The molecule has 22 nitrogen and oxygen atoms in total. The van der Waals surface area contributed by atoms with E-state index in [2.05, 4.69) is 65.1 Å². The number of alkyl halides is 6. The van der Waals surface area contributed by atoms with Crippen molar-refractivity contribution in [3.05, 3.63) is 123 Å². The summed E-state index contributed by atoms with van der Waals surface area (Å²) in [5.74, 6) is -0.285. The van der Waals surface area contributed by atoms with Crippen LogP contribution in [-0.2, 0) is 15.7 Å². The van der Waals surface area contributed by atoms with Gasteiger partial charge in [0, 0.05) is 48.7 Å². The number of carbonyl (C=O) groups excluding carboxylic acids is 1. The number of nitrogens with two attached hydrogens (primary N) is 1. The summed E-state index contributed by atoms with van der Waals surface area (Å²) in [6.07, 6.45) is 4.24. The van der Waals surface area contributed by atoms with Gasteiger partial charge in [0.15, 0.2) is 17.2 Å². The first-order valence-electron chi connectivity index (χ1n) is 24.2. The summed E-state index contributed by atoms with van der Waals surface area (Å²) < 4.78 is 89.6. The average molecular weight is 1300 g/mol. The molecule has 0 saturated heterocycles. The summed E-state index contributed by atoms with van der Waals surface area (Å²) in [6.45, 7) is 5.23. The SMILES string of the molecule is CC(C)(C)O.FC(F)c1ncncc1-c1nc2ccc(Cl)nc2n1C1CC1.Nc1ccc(Cl)nc1NC1CC1.O=C(Cc1ccc(Cl)nc1NC1CC1)c1cncnc1C(F)F.O=C(O)c1cncnc1C(F)F.O=[P+]([O-])O[O-].[K+].[K][K]. The second kappa shape index (κ2) is 37.0. The number of hydrogen-bond acceptors (Lipinski definition) is 20. The van der Waals surface area contributed by atoms with Crippen LogP contribution in [0.15, 0.2) is 74.0 Å². The van der Waals surface area contributed by atoms with Crippen molar-refractivity contribution in [2.75, 3.05) is 16.4 Å². The first kappa shape index (κ1) is 74.3. The van der Waals surface area contributed by atoms with E-state index in [9.17, 15) is 35.9 Å². The Balaban J connectivity index is 0.000000276. The number of fused-ring (bicyclic) bond motifs is 1. The van der Waals surface area contributed by atoms with Crippen molar-refractivity contribution in [1.29, 1.82) is 0 Å². The van der Waals surface area contributed by atoms with Crippen molar-refractivity contribution in [3.63, 3.8) is 0 Å². The van der Waals surface area contributed by atoms with Gasteiger partial charge >= 0.3 is 129 Å². The molecular weight excluding hydrogens is 1260 g/mol. The number of carboxylic acids is 1. The monoisotopic (exact) mass is 1300 g/mol. The van der Waals surface area contributed by atoms with Crippen LogP contribution in [-0.4, -0.2) is 157 Å². The Morgan fingerprint density at radius 3 is 1.66 bits per heavy atom. The molecular formula is C47H47Cl3F6K3N14O8P. The number of halogens is 9. The standard InChI is InChI=1S/C15H13ClF2N4O.C14H10ClF2N5.C8H10ClN3.C6H4F2N2O2.C4H10O.3K.HO4P/c16-12-4-1-8(15(22-12)21-9-2-3-9)5-11(23)10-6-19-7-20-13(10)14(17)18;15-10-4-3-9-14(21-10)22(7-1-2-7)13(20-9)8-5-18-6-19-11(8)12(16)17;9-7-4-3-6(10)8(12-7)11-5-1-2-5;7-5(8)4-3(6(11)12)1-9-2-10-4;1-4(2,3)5;;;;1-4-5(2)3/h1,4,6-7,9,14H,2-3,5H2,(H,21,22);3-7,12H,1-2H2;3-5H,1-2,10H2,(H,11,12);1-2,5H,(H,11,12);5H,1-3H3;;;;1H/q;;;;;;;+1;/p-1. The molecule has 82 heavy (non-hydrogen) atoms. The summed E-state index contributed by atoms with van der Waals surface area (Å²) in [4.78, 5) is 69.8. The van der Waals surface area contributed by atoms with Crippen LogP contribution in [0.1, 0.15) is 128 Å². The van der Waals surface area contributed by atoms with Gasteiger partial charge in [-0.15, -0.1) is 0 Å². The maximum atomic E-state index is 13.2. The predicted octanol–water partition coefficient (Wildman–Crippen LogP) is 5.60. The molecule has 7 aromatic rings. The molecule has 3 fully saturated rings. The fourth-order valence-electron chi connectivity index (χ4n) is 6.31. The third-order valence-corrected chi connectivity index (χ3v) is 10.9. The van der Waals surface area contributed by atoms with Gasteiger partial charge in [-0.3, -0.25) is 4.79 Å². The van der Waals surface area contributed by atoms with Crippen LogP contribution < -0.4 is 77.9 Å². The first-order valence-corrected chi connectivity index (χ1v) is 42.4. The molecule has 35 heteroatoms. The molecule has 6 N–H and O–H groups in total. The summed E-state index contributed by atoms with van der Waals surface area (Å²) >= 11 is 20.1. The Kier molecular flexibility index (Phi) is 33.5. The molecule has 0 bridgehead atoms. The Bertz CT molecular complexity index is 3210. The first-order chi connectivity index (χ1) is 38.3. The van der Waals surface area contributed by atoms with E-state index >= 15 is 0 Å². The molecule has 0 amide bonds. The number of Topliss-reactive ketones (excluding diaryl/α,β-unsaturated/α-hetero) is 1. The van der Waals surface area contributed by atoms with Crippen molar-refractivity contribution in [1.82, 2.24) is 54.4 Å². The van der Waals surface area contributed by atoms with E-state index in [0.717, 1.165) is 57.1 Å². The number of hydrogen-bond donors (Lipinski definition) is 5. The van der Waals surface area contributed by atoms with E-state index in [1.165, 1.54) is 82.2 Å². The molecule has 10 rings (SSSR count). The summed E-state index contributed by atoms with van der Waals surface area (Å²) in [5, 5.41) is 33.0. The van der Waals surface area contributed by atoms with Gasteiger partial charge in [-0.1, -0.05) is 40.9 Å². The second-order valence-corrected chi connectivity index (χ2v) is 19.6. The summed E-state index contributed by atoms with van der Waals surface area (Å²) in [6, 6.07) is 11.1. The molecule has 7 aromatic heterocycles. The van der Waals surface area contributed by atoms with Crippen molar-refractivity contribution in [2.45, 2.75) is 109 Å². The molecule has 0 aromatic carbocycles. The number of ketones is 1. The van der Waals surface area contributed by atoms with Crippen LogP contribution in [0.25, 0.3) is 22.6 Å². The van der Waals surface area contributed by atoms with E-state index in [1.807, 2.05) is 4.57 Å². The maximum absolute atomic E-state index is 13.2. The molecule has 1 atom stereocenters. The van der Waals surface area contributed by atoms with Gasteiger partial charge in [-0.05, 0) is 94.2 Å². The van der Waals surface area contributed by atoms with Gasteiger partial charge in [-0.25, -0.2) is 85.7 Å².